The maximum atomic E-state index is 11.4. The number of esters is 1. The normalized spacial score (nSPS) is 10.2. The molecule has 0 aliphatic rings. The van der Waals surface area contributed by atoms with Gasteiger partial charge in [0.15, 0.2) is 0 Å². The zero-order valence-electron chi connectivity index (χ0n) is 9.77. The Morgan fingerprint density at radius 2 is 2.24 bits per heavy atom. The molecule has 3 nitrogen and oxygen atoms in total. The van der Waals surface area contributed by atoms with Crippen LogP contribution < -0.4 is 0 Å². The molecular formula is C13H13NO2S. The Bertz CT molecular complexity index is 534. The number of thiophene rings is 1. The van der Waals surface area contributed by atoms with E-state index in [9.17, 15) is 4.79 Å². The number of carbonyl (C=O) groups is 1. The molecule has 0 bridgehead atoms. The Kier molecular flexibility index (Phi) is 3.54. The molecule has 2 aromatic heterocycles. The number of pyridine rings is 1. The van der Waals surface area contributed by atoms with Gasteiger partial charge in [-0.2, -0.15) is 0 Å². The van der Waals surface area contributed by atoms with Gasteiger partial charge in [-0.3, -0.25) is 4.98 Å². The summed E-state index contributed by atoms with van der Waals surface area (Å²) < 4.78 is 4.69. The summed E-state index contributed by atoms with van der Waals surface area (Å²) in [6, 6.07) is 7.72. The van der Waals surface area contributed by atoms with E-state index in [2.05, 4.69) is 16.6 Å². The number of aromatic nitrogens is 1. The van der Waals surface area contributed by atoms with E-state index in [1.807, 2.05) is 18.2 Å². The van der Waals surface area contributed by atoms with Crippen molar-refractivity contribution in [1.29, 1.82) is 0 Å². The van der Waals surface area contributed by atoms with Crippen molar-refractivity contribution in [3.63, 3.8) is 0 Å². The molecule has 0 amide bonds. The number of ether oxygens (including phenoxy) is 1. The van der Waals surface area contributed by atoms with Crippen molar-refractivity contribution in [3.05, 3.63) is 41.0 Å². The fraction of sp³-hybridized carbons (Fsp3) is 0.231. The molecular weight excluding hydrogens is 234 g/mol. The number of nitrogens with zero attached hydrogens (tertiary/aromatic N) is 1. The van der Waals surface area contributed by atoms with Gasteiger partial charge < -0.3 is 4.74 Å². The molecule has 0 atom stereocenters. The third kappa shape index (κ3) is 2.53. The number of hydrogen-bond donors (Lipinski definition) is 0. The maximum absolute atomic E-state index is 11.4. The van der Waals surface area contributed by atoms with Crippen LogP contribution in [-0.4, -0.2) is 18.1 Å². The van der Waals surface area contributed by atoms with E-state index in [-0.39, 0.29) is 5.97 Å². The Hall–Kier alpha value is -1.68. The van der Waals surface area contributed by atoms with Gasteiger partial charge in [-0.1, -0.05) is 6.92 Å². The van der Waals surface area contributed by atoms with E-state index in [0.29, 0.717) is 4.88 Å². The largest absolute Gasteiger partial charge is 0.465 e. The van der Waals surface area contributed by atoms with E-state index >= 15 is 0 Å². The smallest absolute Gasteiger partial charge is 0.348 e. The lowest BCUT2D eigenvalue weighted by molar-refractivity contribution is 0.0606. The summed E-state index contributed by atoms with van der Waals surface area (Å²) in [5, 5.41) is 0. The lowest BCUT2D eigenvalue weighted by Gasteiger charge is -1.99. The molecule has 17 heavy (non-hydrogen) atoms. The predicted molar refractivity (Wildman–Crippen MR) is 68.3 cm³/mol. The minimum atomic E-state index is -0.286. The number of aryl methyl sites for hydroxylation is 1. The van der Waals surface area contributed by atoms with Gasteiger partial charge in [0.25, 0.3) is 0 Å². The monoisotopic (exact) mass is 247 g/mol. The average Bonchev–Trinajstić information content (AvgIpc) is 2.87. The topological polar surface area (TPSA) is 39.2 Å². The summed E-state index contributed by atoms with van der Waals surface area (Å²) in [6.45, 7) is 2.07. The lowest BCUT2D eigenvalue weighted by Crippen LogP contribution is -1.96. The molecule has 2 aromatic rings. The van der Waals surface area contributed by atoms with Gasteiger partial charge in [0, 0.05) is 16.8 Å². The zero-order valence-corrected chi connectivity index (χ0v) is 10.6. The van der Waals surface area contributed by atoms with Crippen molar-refractivity contribution in [2.24, 2.45) is 0 Å². The molecule has 2 heterocycles. The molecule has 0 aliphatic carbocycles. The molecule has 0 spiro atoms. The van der Waals surface area contributed by atoms with Crippen LogP contribution in [0.4, 0.5) is 0 Å². The van der Waals surface area contributed by atoms with Gasteiger partial charge >= 0.3 is 5.97 Å². The third-order valence-electron chi connectivity index (χ3n) is 2.46. The van der Waals surface area contributed by atoms with Crippen LogP contribution in [-0.2, 0) is 11.2 Å². The van der Waals surface area contributed by atoms with Crippen LogP contribution in [0.1, 0.15) is 22.3 Å². The van der Waals surface area contributed by atoms with Crippen LogP contribution >= 0.6 is 11.3 Å². The van der Waals surface area contributed by atoms with Crippen LogP contribution in [0.3, 0.4) is 0 Å². The molecule has 0 aliphatic heterocycles. The number of carbonyl (C=O) groups excluding carboxylic acids is 1. The highest BCUT2D eigenvalue weighted by Gasteiger charge is 2.10. The van der Waals surface area contributed by atoms with Crippen LogP contribution in [0.15, 0.2) is 30.5 Å². The van der Waals surface area contributed by atoms with Gasteiger partial charge in [0.05, 0.1) is 7.11 Å². The summed E-state index contributed by atoms with van der Waals surface area (Å²) in [4.78, 5) is 17.3. The van der Waals surface area contributed by atoms with E-state index in [1.54, 1.807) is 12.3 Å². The Morgan fingerprint density at radius 1 is 1.41 bits per heavy atom. The second-order valence-electron chi connectivity index (χ2n) is 3.54. The summed E-state index contributed by atoms with van der Waals surface area (Å²) in [5.74, 6) is -0.286. The van der Waals surface area contributed by atoms with E-state index < -0.39 is 0 Å². The van der Waals surface area contributed by atoms with Crippen molar-refractivity contribution >= 4 is 17.3 Å². The maximum Gasteiger partial charge on any atom is 0.348 e. The Morgan fingerprint density at radius 3 is 2.94 bits per heavy atom. The first-order chi connectivity index (χ1) is 8.24. The van der Waals surface area contributed by atoms with Crippen LogP contribution in [0.25, 0.3) is 10.4 Å². The molecule has 0 radical (unpaired) electrons. The highest BCUT2D eigenvalue weighted by Crippen LogP contribution is 2.28. The molecule has 4 heteroatoms. The summed E-state index contributed by atoms with van der Waals surface area (Å²) in [5.41, 5.74) is 2.15. The molecule has 0 unspecified atom stereocenters. The Labute approximate surface area is 104 Å². The van der Waals surface area contributed by atoms with Crippen LogP contribution in [0.5, 0.6) is 0 Å². The highest BCUT2D eigenvalue weighted by atomic mass is 32.1. The fourth-order valence-corrected chi connectivity index (χ4v) is 2.45. The molecule has 88 valence electrons. The van der Waals surface area contributed by atoms with Crippen LogP contribution in [0, 0.1) is 0 Å². The van der Waals surface area contributed by atoms with Crippen molar-refractivity contribution in [2.45, 2.75) is 13.3 Å². The minimum absolute atomic E-state index is 0.286. The van der Waals surface area contributed by atoms with Crippen molar-refractivity contribution in [1.82, 2.24) is 4.98 Å². The first-order valence-corrected chi connectivity index (χ1v) is 6.19. The molecule has 0 saturated carbocycles. The molecule has 0 aromatic carbocycles. The average molecular weight is 247 g/mol. The second kappa shape index (κ2) is 5.10. The number of rotatable bonds is 3. The van der Waals surface area contributed by atoms with E-state index in [0.717, 1.165) is 22.6 Å². The van der Waals surface area contributed by atoms with Gasteiger partial charge in [0.1, 0.15) is 4.88 Å². The highest BCUT2D eigenvalue weighted by molar-refractivity contribution is 7.17. The van der Waals surface area contributed by atoms with Crippen LogP contribution in [0.2, 0.25) is 0 Å². The summed E-state index contributed by atoms with van der Waals surface area (Å²) in [7, 11) is 1.39. The predicted octanol–water partition coefficient (Wildman–Crippen LogP) is 3.16. The van der Waals surface area contributed by atoms with Crippen molar-refractivity contribution in [3.8, 4) is 10.4 Å². The SMILES string of the molecule is CCc1cc(-c2ccc(C(=O)OC)s2)ccn1. The van der Waals surface area contributed by atoms with E-state index in [4.69, 9.17) is 0 Å². The number of methoxy groups -OCH3 is 1. The first-order valence-electron chi connectivity index (χ1n) is 5.38. The quantitative estimate of drug-likeness (QED) is 0.782. The van der Waals surface area contributed by atoms with Crippen molar-refractivity contribution in [2.75, 3.05) is 7.11 Å². The second-order valence-corrected chi connectivity index (χ2v) is 4.63. The molecule has 2 rings (SSSR count). The lowest BCUT2D eigenvalue weighted by atomic mass is 10.2. The summed E-state index contributed by atoms with van der Waals surface area (Å²) >= 11 is 1.44. The van der Waals surface area contributed by atoms with Gasteiger partial charge in [-0.05, 0) is 36.2 Å². The molecule has 0 fully saturated rings. The first kappa shape index (κ1) is 11.8. The molecule has 0 saturated heterocycles. The number of hydrogen-bond acceptors (Lipinski definition) is 4. The zero-order chi connectivity index (χ0) is 12.3. The van der Waals surface area contributed by atoms with Crippen molar-refractivity contribution < 1.29 is 9.53 Å². The standard InChI is InChI=1S/C13H13NO2S/c1-3-10-8-9(6-7-14-10)11-4-5-12(17-11)13(15)16-2/h4-8H,3H2,1-2H3. The summed E-state index contributed by atoms with van der Waals surface area (Å²) in [6.07, 6.45) is 2.70. The Balaban J connectivity index is 2.33. The third-order valence-corrected chi connectivity index (χ3v) is 3.57. The fourth-order valence-electron chi connectivity index (χ4n) is 1.53. The van der Waals surface area contributed by atoms with E-state index in [1.165, 1.54) is 18.4 Å². The minimum Gasteiger partial charge on any atom is -0.465 e. The molecule has 0 N–H and O–H groups in total. The van der Waals surface area contributed by atoms with Gasteiger partial charge in [-0.15, -0.1) is 11.3 Å². The van der Waals surface area contributed by atoms with Gasteiger partial charge in [0.2, 0.25) is 0 Å². The van der Waals surface area contributed by atoms with Gasteiger partial charge in [-0.25, -0.2) is 4.79 Å².